The van der Waals surface area contributed by atoms with Gasteiger partial charge in [-0.25, -0.2) is 4.39 Å². The quantitative estimate of drug-likeness (QED) is 0.0610. The van der Waals surface area contributed by atoms with E-state index in [4.69, 9.17) is 9.47 Å². The predicted molar refractivity (Wildman–Crippen MR) is 258 cm³/mol. The number of aromatic nitrogens is 1. The van der Waals surface area contributed by atoms with Gasteiger partial charge in [-0.15, -0.1) is 0 Å². The number of H-pyrrole nitrogens is 1. The average molecular weight is 874 g/mol. The number of morpholine rings is 1. The largest absolute Gasteiger partial charge is 0.494 e. The maximum Gasteiger partial charge on any atom is 0.257 e. The summed E-state index contributed by atoms with van der Waals surface area (Å²) in [5.41, 5.74) is 1.99. The molecule has 0 unspecified atom stereocenters. The third-order valence-electron chi connectivity index (χ3n) is 11.0. The normalized spacial score (nSPS) is 15.9. The van der Waals surface area contributed by atoms with Crippen molar-refractivity contribution in [1.82, 2.24) is 25.4 Å². The molecule has 10 nitrogen and oxygen atoms in total. The third-order valence-corrected chi connectivity index (χ3v) is 11.0. The van der Waals surface area contributed by atoms with E-state index in [0.29, 0.717) is 42.0 Å². The number of nitrogens with zero attached hydrogens (tertiary/aromatic N) is 2. The molecule has 64 heavy (non-hydrogen) atoms. The molecule has 2 aliphatic rings. The standard InChI is InChI=1S/C53H68FN5O5/c1-4-5-6-7-8-9-10-11-12-13-14-15-16-17-18-19-20-21-22-24-48(60)55-31-32-56-51(61)46-40-59(41-53(2,3)49-45-30-27-43(54)39-47(45)57-50(46)49)52(62)42-25-28-44(29-26-42)64-36-23-33-58-34-37-63-38-35-58/h5-6,8-9,11-12,14-15,17-18,20-21,25-30,39-40,57H,4,7,10,13,16,19,22-24,31-38,41H2,1-3H3,(H,55,60)(H,56,61)/b6-5-,9-8-,12-11-,15-14-,18-17-,21-20-. The fraction of sp³-hybridized carbons (Fsp3) is 0.415. The Morgan fingerprint density at radius 2 is 1.42 bits per heavy atom. The van der Waals surface area contributed by atoms with Gasteiger partial charge in [-0.1, -0.05) is 93.7 Å². The summed E-state index contributed by atoms with van der Waals surface area (Å²) < 4.78 is 25.8. The minimum Gasteiger partial charge on any atom is -0.494 e. The molecule has 0 radical (unpaired) electrons. The lowest BCUT2D eigenvalue weighted by molar-refractivity contribution is -0.121. The van der Waals surface area contributed by atoms with Crippen LogP contribution in [0.1, 0.15) is 100 Å². The maximum absolute atomic E-state index is 14.4. The van der Waals surface area contributed by atoms with Crippen LogP contribution in [0.4, 0.5) is 4.39 Å². The van der Waals surface area contributed by atoms with Crippen molar-refractivity contribution in [3.63, 3.8) is 0 Å². The van der Waals surface area contributed by atoms with E-state index < -0.39 is 17.1 Å². The number of carbonyl (C=O) groups excluding carboxylic acids is 3. The molecule has 2 aliphatic heterocycles. The number of carbonyl (C=O) groups is 3. The van der Waals surface area contributed by atoms with E-state index in [1.54, 1.807) is 41.4 Å². The minimum absolute atomic E-state index is 0.106. The fourth-order valence-corrected chi connectivity index (χ4v) is 7.73. The van der Waals surface area contributed by atoms with Gasteiger partial charge in [0.05, 0.1) is 31.1 Å². The lowest BCUT2D eigenvalue weighted by atomic mass is 9.81. The molecule has 11 heteroatoms. The summed E-state index contributed by atoms with van der Waals surface area (Å²) in [4.78, 5) is 47.9. The van der Waals surface area contributed by atoms with E-state index >= 15 is 0 Å². The Morgan fingerprint density at radius 3 is 2.06 bits per heavy atom. The van der Waals surface area contributed by atoms with E-state index in [1.807, 2.05) is 19.9 Å². The molecule has 3 amide bonds. The Morgan fingerprint density at radius 1 is 0.812 bits per heavy atom. The highest BCUT2D eigenvalue weighted by Crippen LogP contribution is 2.40. The van der Waals surface area contributed by atoms with Crippen molar-refractivity contribution < 1.29 is 28.2 Å². The van der Waals surface area contributed by atoms with Crippen LogP contribution in [0.5, 0.6) is 5.75 Å². The second-order valence-electron chi connectivity index (χ2n) is 16.7. The van der Waals surface area contributed by atoms with Gasteiger partial charge in [-0.3, -0.25) is 19.3 Å². The Hall–Kier alpha value is -5.78. The molecule has 3 heterocycles. The third kappa shape index (κ3) is 16.1. The SMILES string of the molecule is CC/C=C\C/C=C\C/C=C\C/C=C\C/C=C\C/C=C\CCC(=O)NCCNC(=O)C1=CN(C(=O)c2ccc(OCCCN3CCOCC3)cc2)CC(C)(C)c2c1[nH]c1cc(F)ccc21. The highest BCUT2D eigenvalue weighted by molar-refractivity contribution is 6.21. The first-order valence-electron chi connectivity index (χ1n) is 23.0. The van der Waals surface area contributed by atoms with Crippen LogP contribution >= 0.6 is 0 Å². The van der Waals surface area contributed by atoms with E-state index in [-0.39, 0.29) is 37.0 Å². The Bertz CT molecular complexity index is 2170. The number of rotatable bonds is 24. The van der Waals surface area contributed by atoms with Gasteiger partial charge < -0.3 is 30.0 Å². The van der Waals surface area contributed by atoms with Gasteiger partial charge in [0.1, 0.15) is 11.6 Å². The number of benzene rings is 2. The molecule has 342 valence electrons. The monoisotopic (exact) mass is 874 g/mol. The van der Waals surface area contributed by atoms with E-state index in [2.05, 4.69) is 94.3 Å². The van der Waals surface area contributed by atoms with Crippen molar-refractivity contribution in [3.05, 3.63) is 144 Å². The summed E-state index contributed by atoms with van der Waals surface area (Å²) >= 11 is 0. The van der Waals surface area contributed by atoms with Crippen LogP contribution in [0.25, 0.3) is 16.5 Å². The van der Waals surface area contributed by atoms with Crippen LogP contribution in [0, 0.1) is 5.82 Å². The van der Waals surface area contributed by atoms with Gasteiger partial charge in [0.2, 0.25) is 5.91 Å². The van der Waals surface area contributed by atoms with Crippen molar-refractivity contribution in [2.24, 2.45) is 0 Å². The van der Waals surface area contributed by atoms with Crippen LogP contribution < -0.4 is 15.4 Å². The molecular weight excluding hydrogens is 806 g/mol. The number of fused-ring (bicyclic) bond motifs is 3. The summed E-state index contributed by atoms with van der Waals surface area (Å²) in [5, 5.41) is 6.59. The molecule has 0 atom stereocenters. The molecule has 5 rings (SSSR count). The number of allylic oxidation sites excluding steroid dienone is 12. The van der Waals surface area contributed by atoms with Gasteiger partial charge in [-0.2, -0.15) is 0 Å². The first-order valence-corrected chi connectivity index (χ1v) is 23.0. The number of amides is 3. The van der Waals surface area contributed by atoms with Crippen LogP contribution in [-0.2, 0) is 19.7 Å². The highest BCUT2D eigenvalue weighted by Gasteiger charge is 2.37. The molecule has 0 spiro atoms. The summed E-state index contributed by atoms with van der Waals surface area (Å²) in [6.45, 7) is 11.8. The Kier molecular flexibility index (Phi) is 20.6. The van der Waals surface area contributed by atoms with Crippen LogP contribution in [-0.4, -0.2) is 91.6 Å². The Labute approximate surface area is 379 Å². The van der Waals surface area contributed by atoms with Crippen LogP contribution in [0.3, 0.4) is 0 Å². The Balaban J connectivity index is 1.08. The molecule has 0 saturated carbocycles. The summed E-state index contributed by atoms with van der Waals surface area (Å²) in [7, 11) is 0. The summed E-state index contributed by atoms with van der Waals surface area (Å²) in [6.07, 6.45) is 34.9. The molecule has 0 aliphatic carbocycles. The first-order chi connectivity index (χ1) is 31.2. The number of aromatic amines is 1. The van der Waals surface area contributed by atoms with Gasteiger partial charge in [0, 0.05) is 73.8 Å². The lowest BCUT2D eigenvalue weighted by Crippen LogP contribution is -2.37. The van der Waals surface area contributed by atoms with Crippen LogP contribution in [0.2, 0.25) is 0 Å². The van der Waals surface area contributed by atoms with Crippen molar-refractivity contribution in [2.45, 2.75) is 84.0 Å². The molecule has 0 bridgehead atoms. The summed E-state index contributed by atoms with van der Waals surface area (Å²) in [5.74, 6) is -0.506. The smallest absolute Gasteiger partial charge is 0.257 e. The molecular formula is C53H68FN5O5. The first kappa shape index (κ1) is 49.2. The molecule has 1 saturated heterocycles. The van der Waals surface area contributed by atoms with E-state index in [1.165, 1.54) is 12.1 Å². The second kappa shape index (κ2) is 26.8. The molecule has 1 fully saturated rings. The zero-order valence-corrected chi connectivity index (χ0v) is 38.1. The van der Waals surface area contributed by atoms with Gasteiger partial charge in [0.15, 0.2) is 0 Å². The topological polar surface area (TPSA) is 116 Å². The van der Waals surface area contributed by atoms with Crippen molar-refractivity contribution in [3.8, 4) is 5.75 Å². The number of halogens is 1. The molecule has 3 N–H and O–H groups in total. The maximum atomic E-state index is 14.4. The summed E-state index contributed by atoms with van der Waals surface area (Å²) in [6, 6.07) is 11.6. The van der Waals surface area contributed by atoms with Gasteiger partial charge in [0.25, 0.3) is 11.8 Å². The molecule has 2 aromatic carbocycles. The highest BCUT2D eigenvalue weighted by atomic mass is 19.1. The lowest BCUT2D eigenvalue weighted by Gasteiger charge is -2.29. The fourth-order valence-electron chi connectivity index (χ4n) is 7.73. The zero-order chi connectivity index (χ0) is 45.4. The van der Waals surface area contributed by atoms with Gasteiger partial charge in [-0.05, 0) is 99.4 Å². The van der Waals surface area contributed by atoms with Crippen molar-refractivity contribution in [1.29, 1.82) is 0 Å². The van der Waals surface area contributed by atoms with Crippen molar-refractivity contribution in [2.75, 3.05) is 59.1 Å². The predicted octanol–water partition coefficient (Wildman–Crippen LogP) is 9.89. The second-order valence-corrected chi connectivity index (χ2v) is 16.7. The van der Waals surface area contributed by atoms with E-state index in [0.717, 1.165) is 88.7 Å². The zero-order valence-electron chi connectivity index (χ0n) is 38.1. The molecule has 1 aromatic heterocycles. The van der Waals surface area contributed by atoms with Gasteiger partial charge >= 0.3 is 0 Å². The molecule has 3 aromatic rings. The number of hydrogen-bond donors (Lipinski definition) is 3. The minimum atomic E-state index is -0.625. The number of nitrogens with one attached hydrogen (secondary N) is 3. The number of ether oxygens (including phenoxy) is 2. The van der Waals surface area contributed by atoms with Crippen LogP contribution in [0.15, 0.2) is 122 Å². The van der Waals surface area contributed by atoms with Crippen molar-refractivity contribution >= 4 is 34.2 Å². The van der Waals surface area contributed by atoms with E-state index in [9.17, 15) is 18.8 Å². The number of hydrogen-bond acceptors (Lipinski definition) is 6. The average Bonchev–Trinajstić information content (AvgIpc) is 3.63.